The lowest BCUT2D eigenvalue weighted by atomic mass is 9.95. The van der Waals surface area contributed by atoms with Crippen molar-refractivity contribution in [2.45, 2.75) is 25.7 Å². The summed E-state index contributed by atoms with van der Waals surface area (Å²) < 4.78 is 11.1. The van der Waals surface area contributed by atoms with E-state index in [1.807, 2.05) is 24.3 Å². The molecule has 0 aliphatic carbocycles. The molecule has 126 valence electrons. The summed E-state index contributed by atoms with van der Waals surface area (Å²) in [6.07, 6.45) is 4.84. The first kappa shape index (κ1) is 17.8. The molecule has 1 aromatic heterocycles. The van der Waals surface area contributed by atoms with Gasteiger partial charge in [0, 0.05) is 0 Å². The first-order chi connectivity index (χ1) is 10.9. The van der Waals surface area contributed by atoms with Crippen molar-refractivity contribution in [2.24, 2.45) is 5.92 Å². The van der Waals surface area contributed by atoms with Crippen molar-refractivity contribution in [1.29, 1.82) is 0 Å². The van der Waals surface area contributed by atoms with Gasteiger partial charge in [0.25, 0.3) is 11.8 Å². The minimum absolute atomic E-state index is 0. The maximum atomic E-state index is 5.81. The van der Waals surface area contributed by atoms with Crippen molar-refractivity contribution >= 4 is 23.4 Å². The second-order valence-corrected chi connectivity index (χ2v) is 5.73. The molecule has 5 nitrogen and oxygen atoms in total. The van der Waals surface area contributed by atoms with Crippen LogP contribution < -0.4 is 14.8 Å². The number of benzene rings is 1. The van der Waals surface area contributed by atoms with Crippen molar-refractivity contribution in [1.82, 2.24) is 15.3 Å². The summed E-state index contributed by atoms with van der Waals surface area (Å²) in [7, 11) is 1.60. The highest BCUT2D eigenvalue weighted by Crippen LogP contribution is 2.25. The number of nitrogens with zero attached hydrogens (tertiary/aromatic N) is 2. The zero-order valence-corrected chi connectivity index (χ0v) is 14.3. The van der Waals surface area contributed by atoms with Crippen LogP contribution in [0.4, 0.5) is 0 Å². The van der Waals surface area contributed by atoms with Gasteiger partial charge in [0.15, 0.2) is 0 Å². The fourth-order valence-corrected chi connectivity index (χ4v) is 2.91. The molecule has 1 aromatic carbocycles. The summed E-state index contributed by atoms with van der Waals surface area (Å²) in [6, 6.07) is 7.74. The molecule has 1 atom stereocenters. The average molecular weight is 338 g/mol. The van der Waals surface area contributed by atoms with Crippen LogP contribution in [0.3, 0.4) is 0 Å². The van der Waals surface area contributed by atoms with Gasteiger partial charge < -0.3 is 14.8 Å². The Hall–Kier alpha value is -1.59. The molecule has 2 aromatic rings. The highest BCUT2D eigenvalue weighted by atomic mass is 35.5. The van der Waals surface area contributed by atoms with Crippen LogP contribution in [0.25, 0.3) is 11.0 Å². The Morgan fingerprint density at radius 3 is 2.57 bits per heavy atom. The molecule has 1 N–H and O–H groups in total. The van der Waals surface area contributed by atoms with Gasteiger partial charge in [-0.3, -0.25) is 0 Å². The second kappa shape index (κ2) is 8.89. The first-order valence-electron chi connectivity index (χ1n) is 8.01. The molecule has 1 aliphatic rings. The smallest absolute Gasteiger partial charge is 0.278 e. The molecular weight excluding hydrogens is 314 g/mol. The summed E-state index contributed by atoms with van der Waals surface area (Å²) >= 11 is 0. The molecule has 0 spiro atoms. The number of para-hydroxylation sites is 2. The summed E-state index contributed by atoms with van der Waals surface area (Å²) in [5, 5.41) is 3.45. The monoisotopic (exact) mass is 337 g/mol. The highest BCUT2D eigenvalue weighted by Gasteiger charge is 2.14. The lowest BCUT2D eigenvalue weighted by molar-refractivity contribution is 0.253. The maximum absolute atomic E-state index is 5.81. The van der Waals surface area contributed by atoms with Gasteiger partial charge in [-0.05, 0) is 56.8 Å². The zero-order valence-electron chi connectivity index (χ0n) is 13.5. The largest absolute Gasteiger partial charge is 0.477 e. The molecule has 0 saturated carbocycles. The van der Waals surface area contributed by atoms with Crippen molar-refractivity contribution in [3.63, 3.8) is 0 Å². The number of hydrogen-bond donors (Lipinski definition) is 1. The number of aromatic nitrogens is 2. The molecule has 0 amide bonds. The standard InChI is InChI=1S/C17H23N3O2.ClH/c1-21-16-17(20-15-9-3-2-8-14(15)19-16)22-11-5-7-13-6-4-10-18-12-13;/h2-3,8-9,13,18H,4-7,10-12H2,1H3;1H. The van der Waals surface area contributed by atoms with E-state index in [9.17, 15) is 0 Å². The van der Waals surface area contributed by atoms with Crippen molar-refractivity contribution in [3.05, 3.63) is 24.3 Å². The van der Waals surface area contributed by atoms with Crippen LogP contribution >= 0.6 is 12.4 Å². The first-order valence-corrected chi connectivity index (χ1v) is 8.01. The number of ether oxygens (including phenoxy) is 2. The molecular formula is C17H24ClN3O2. The van der Waals surface area contributed by atoms with Crippen LogP contribution in [0.15, 0.2) is 24.3 Å². The van der Waals surface area contributed by atoms with E-state index >= 15 is 0 Å². The molecule has 1 saturated heterocycles. The van der Waals surface area contributed by atoms with Gasteiger partial charge in [-0.15, -0.1) is 12.4 Å². The molecule has 0 bridgehead atoms. The highest BCUT2D eigenvalue weighted by molar-refractivity contribution is 5.85. The summed E-state index contributed by atoms with van der Waals surface area (Å²) in [4.78, 5) is 8.95. The van der Waals surface area contributed by atoms with Crippen LogP contribution in [0.5, 0.6) is 11.8 Å². The normalized spacial score (nSPS) is 17.5. The molecule has 1 unspecified atom stereocenters. The lowest BCUT2D eigenvalue weighted by Crippen LogP contribution is -2.29. The van der Waals surface area contributed by atoms with E-state index in [0.29, 0.717) is 18.4 Å². The van der Waals surface area contributed by atoms with Crippen molar-refractivity contribution in [2.75, 3.05) is 26.8 Å². The predicted octanol–water partition coefficient (Wildman–Crippen LogP) is 3.22. The fourth-order valence-electron chi connectivity index (χ4n) is 2.91. The fraction of sp³-hybridized carbons (Fsp3) is 0.529. The second-order valence-electron chi connectivity index (χ2n) is 5.73. The molecule has 3 rings (SSSR count). The van der Waals surface area contributed by atoms with Gasteiger partial charge in [-0.25, -0.2) is 9.97 Å². The Morgan fingerprint density at radius 2 is 1.91 bits per heavy atom. The Balaban J connectivity index is 0.00000192. The van der Waals surface area contributed by atoms with E-state index in [4.69, 9.17) is 9.47 Å². The van der Waals surface area contributed by atoms with E-state index in [2.05, 4.69) is 15.3 Å². The van der Waals surface area contributed by atoms with Gasteiger partial charge >= 0.3 is 0 Å². The summed E-state index contributed by atoms with van der Waals surface area (Å²) in [5.74, 6) is 1.72. The number of hydrogen-bond acceptors (Lipinski definition) is 5. The van der Waals surface area contributed by atoms with Gasteiger partial charge in [0.2, 0.25) is 0 Å². The number of rotatable bonds is 6. The zero-order chi connectivity index (χ0) is 15.2. The molecule has 1 fully saturated rings. The Morgan fingerprint density at radius 1 is 1.17 bits per heavy atom. The molecule has 6 heteroatoms. The topological polar surface area (TPSA) is 56.3 Å². The van der Waals surface area contributed by atoms with E-state index in [0.717, 1.165) is 36.5 Å². The van der Waals surface area contributed by atoms with E-state index < -0.39 is 0 Å². The number of halogens is 1. The number of nitrogens with one attached hydrogen (secondary N) is 1. The summed E-state index contributed by atoms with van der Waals surface area (Å²) in [6.45, 7) is 2.95. The van der Waals surface area contributed by atoms with Crippen LogP contribution in [-0.2, 0) is 0 Å². The Labute approximate surface area is 143 Å². The van der Waals surface area contributed by atoms with Crippen LogP contribution in [-0.4, -0.2) is 36.8 Å². The van der Waals surface area contributed by atoms with Crippen LogP contribution in [0, 0.1) is 5.92 Å². The van der Waals surface area contributed by atoms with E-state index in [1.54, 1.807) is 7.11 Å². The molecule has 1 aliphatic heterocycles. The predicted molar refractivity (Wildman–Crippen MR) is 93.7 cm³/mol. The van der Waals surface area contributed by atoms with Crippen LogP contribution in [0.2, 0.25) is 0 Å². The molecule has 23 heavy (non-hydrogen) atoms. The third-order valence-electron chi connectivity index (χ3n) is 4.10. The van der Waals surface area contributed by atoms with Gasteiger partial charge in [0.1, 0.15) is 0 Å². The lowest BCUT2D eigenvalue weighted by Gasteiger charge is -2.22. The van der Waals surface area contributed by atoms with Gasteiger partial charge in [-0.1, -0.05) is 12.1 Å². The van der Waals surface area contributed by atoms with Gasteiger partial charge in [0.05, 0.1) is 24.8 Å². The van der Waals surface area contributed by atoms with E-state index in [1.165, 1.54) is 19.3 Å². The number of methoxy groups -OCH3 is 1. The Kier molecular flexibility index (Phi) is 6.86. The SMILES string of the molecule is COc1nc2ccccc2nc1OCCCC1CCCNC1.Cl. The Bertz CT molecular complexity index is 618. The van der Waals surface area contributed by atoms with Crippen LogP contribution in [0.1, 0.15) is 25.7 Å². The van der Waals surface area contributed by atoms with Crippen molar-refractivity contribution in [3.8, 4) is 11.8 Å². The van der Waals surface area contributed by atoms with Gasteiger partial charge in [-0.2, -0.15) is 0 Å². The molecule has 0 radical (unpaired) electrons. The molecule has 2 heterocycles. The third kappa shape index (κ3) is 4.69. The van der Waals surface area contributed by atoms with Crippen molar-refractivity contribution < 1.29 is 9.47 Å². The average Bonchev–Trinajstić information content (AvgIpc) is 2.59. The minimum atomic E-state index is 0. The quantitative estimate of drug-likeness (QED) is 0.820. The maximum Gasteiger partial charge on any atom is 0.278 e. The van der Waals surface area contributed by atoms with E-state index in [-0.39, 0.29) is 12.4 Å². The number of piperidine rings is 1. The third-order valence-corrected chi connectivity index (χ3v) is 4.10. The number of fused-ring (bicyclic) bond motifs is 1. The minimum Gasteiger partial charge on any atom is -0.477 e. The summed E-state index contributed by atoms with van der Waals surface area (Å²) in [5.41, 5.74) is 1.65.